The molecule has 14 heteroatoms. The van der Waals surface area contributed by atoms with Gasteiger partial charge in [-0.15, -0.1) is 0 Å². The number of aromatic nitrogens is 4. The number of aliphatic hydroxyl groups is 1. The first kappa shape index (κ1) is 32.5. The number of ether oxygens (including phenoxy) is 1. The second kappa shape index (κ2) is 14.4. The summed E-state index contributed by atoms with van der Waals surface area (Å²) in [5.74, 6) is -0.880. The third kappa shape index (κ3) is 6.86. The van der Waals surface area contributed by atoms with Crippen molar-refractivity contribution in [3.63, 3.8) is 0 Å². The van der Waals surface area contributed by atoms with Gasteiger partial charge in [-0.1, -0.05) is 24.3 Å². The summed E-state index contributed by atoms with van der Waals surface area (Å²) in [4.78, 5) is 32.6. The summed E-state index contributed by atoms with van der Waals surface area (Å²) in [6.07, 6.45) is -0.908. The van der Waals surface area contributed by atoms with E-state index in [1.165, 1.54) is 0 Å². The smallest absolute Gasteiger partial charge is 0.451 e. The predicted molar refractivity (Wildman–Crippen MR) is 159 cm³/mol. The molecule has 3 N–H and O–H groups in total. The minimum Gasteiger partial charge on any atom is -0.483 e. The molecule has 3 aromatic heterocycles. The Morgan fingerprint density at radius 2 is 1.68 bits per heavy atom. The number of H-pyrrole nitrogens is 1. The lowest BCUT2D eigenvalue weighted by molar-refractivity contribution is -0.144. The van der Waals surface area contributed by atoms with Crippen LogP contribution in [0.15, 0.2) is 57.7 Å². The molecule has 5 heterocycles. The molecule has 7 rings (SSSR count). The van der Waals surface area contributed by atoms with Gasteiger partial charge in [0.25, 0.3) is 6.47 Å². The van der Waals surface area contributed by atoms with Crippen LogP contribution in [0, 0.1) is 0 Å². The highest BCUT2D eigenvalue weighted by Gasteiger charge is 2.38. The molecule has 0 radical (unpaired) electrons. The topological polar surface area (TPSA) is 147 Å². The van der Waals surface area contributed by atoms with E-state index in [2.05, 4.69) is 15.0 Å². The maximum absolute atomic E-state index is 13.2. The number of fused-ring (bicyclic) bond motifs is 4. The van der Waals surface area contributed by atoms with E-state index < -0.39 is 12.0 Å². The van der Waals surface area contributed by atoms with Crippen LogP contribution in [0.2, 0.25) is 0 Å². The number of furan rings is 1. The number of carboxylic acid groups (broad SMARTS) is 1. The van der Waals surface area contributed by atoms with Crippen molar-refractivity contribution in [2.45, 2.75) is 50.9 Å². The maximum atomic E-state index is 13.2. The van der Waals surface area contributed by atoms with Gasteiger partial charge < -0.3 is 29.3 Å². The minimum absolute atomic E-state index is 0.00639. The number of carbonyl (C=O) groups is 1. The Morgan fingerprint density at radius 3 is 2.34 bits per heavy atom. The molecule has 0 aliphatic carbocycles. The SMILES string of the molecule is CO.C[C@@H]1CCCN1c1nc(C(F)(F)F)nc2c1oc1ccccc12.O=CO.O=c1[nH]c2ccccc2n1C1CCOCC1. The highest BCUT2D eigenvalue weighted by molar-refractivity contribution is 6.05. The number of aromatic amines is 1. The quantitative estimate of drug-likeness (QED) is 0.222. The highest BCUT2D eigenvalue weighted by Crippen LogP contribution is 2.38. The number of aliphatic hydroxyl groups excluding tert-OH is 1. The third-order valence-electron chi connectivity index (χ3n) is 7.46. The Labute approximate surface area is 249 Å². The third-order valence-corrected chi connectivity index (χ3v) is 7.46. The second-order valence-corrected chi connectivity index (χ2v) is 10.1. The summed E-state index contributed by atoms with van der Waals surface area (Å²) < 4.78 is 52.6. The summed E-state index contributed by atoms with van der Waals surface area (Å²) in [5.41, 5.74) is 2.97. The Kier molecular flexibility index (Phi) is 10.6. The average molecular weight is 618 g/mol. The number of nitrogens with one attached hydrogen (secondary N) is 1. The fraction of sp³-hybridized carbons (Fsp3) is 0.400. The summed E-state index contributed by atoms with van der Waals surface area (Å²) in [6, 6.07) is 15.2. The molecule has 2 aliphatic rings. The van der Waals surface area contributed by atoms with E-state index in [4.69, 9.17) is 24.2 Å². The molecular formula is C30H34F3N5O6. The molecule has 1 atom stereocenters. The van der Waals surface area contributed by atoms with Gasteiger partial charge in [0.1, 0.15) is 11.1 Å². The summed E-state index contributed by atoms with van der Waals surface area (Å²) >= 11 is 0. The van der Waals surface area contributed by atoms with E-state index in [0.717, 1.165) is 57.0 Å². The normalized spacial score (nSPS) is 17.0. The number of benzene rings is 2. The second-order valence-electron chi connectivity index (χ2n) is 10.1. The van der Waals surface area contributed by atoms with Crippen molar-refractivity contribution >= 4 is 45.4 Å². The molecule has 0 saturated carbocycles. The zero-order valence-electron chi connectivity index (χ0n) is 24.3. The van der Waals surface area contributed by atoms with Crippen LogP contribution < -0.4 is 10.6 Å². The van der Waals surface area contributed by atoms with Crippen LogP contribution in [0.1, 0.15) is 44.5 Å². The summed E-state index contributed by atoms with van der Waals surface area (Å²) in [6.45, 7) is 3.89. The van der Waals surface area contributed by atoms with Crippen LogP contribution in [0.4, 0.5) is 19.0 Å². The van der Waals surface area contributed by atoms with E-state index in [1.54, 1.807) is 24.3 Å². The number of halogens is 3. The lowest BCUT2D eigenvalue weighted by Gasteiger charge is -2.23. The first-order chi connectivity index (χ1) is 21.2. The molecule has 5 aromatic rings. The van der Waals surface area contributed by atoms with E-state index in [-0.39, 0.29) is 35.6 Å². The van der Waals surface area contributed by atoms with Gasteiger partial charge in [-0.2, -0.15) is 13.2 Å². The van der Waals surface area contributed by atoms with Crippen LogP contribution in [-0.2, 0) is 15.7 Å². The molecule has 0 unspecified atom stereocenters. The number of para-hydroxylation sites is 3. The molecule has 0 bridgehead atoms. The van der Waals surface area contributed by atoms with E-state index in [0.29, 0.717) is 23.1 Å². The fourth-order valence-corrected chi connectivity index (χ4v) is 5.53. The van der Waals surface area contributed by atoms with Crippen molar-refractivity contribution in [2.24, 2.45) is 0 Å². The number of nitrogens with zero attached hydrogens (tertiary/aromatic N) is 4. The van der Waals surface area contributed by atoms with E-state index >= 15 is 0 Å². The van der Waals surface area contributed by atoms with Gasteiger partial charge in [0.05, 0.1) is 11.0 Å². The molecule has 0 spiro atoms. The first-order valence-corrected chi connectivity index (χ1v) is 14.1. The molecule has 44 heavy (non-hydrogen) atoms. The zero-order chi connectivity index (χ0) is 31.9. The number of imidazole rings is 1. The Balaban J connectivity index is 0.000000184. The molecule has 2 saturated heterocycles. The predicted octanol–water partition coefficient (Wildman–Crippen LogP) is 5.37. The number of rotatable bonds is 2. The van der Waals surface area contributed by atoms with Crippen molar-refractivity contribution in [1.82, 2.24) is 19.5 Å². The number of hydrogen-bond donors (Lipinski definition) is 3. The summed E-state index contributed by atoms with van der Waals surface area (Å²) in [7, 11) is 1.00. The van der Waals surface area contributed by atoms with Crippen molar-refractivity contribution in [3.05, 3.63) is 64.8 Å². The van der Waals surface area contributed by atoms with Crippen molar-refractivity contribution in [1.29, 1.82) is 0 Å². The highest BCUT2D eigenvalue weighted by atomic mass is 19.4. The van der Waals surface area contributed by atoms with Gasteiger partial charge in [0.2, 0.25) is 5.82 Å². The van der Waals surface area contributed by atoms with Gasteiger partial charge >= 0.3 is 11.9 Å². The van der Waals surface area contributed by atoms with Gasteiger partial charge in [0.15, 0.2) is 11.4 Å². The summed E-state index contributed by atoms with van der Waals surface area (Å²) in [5, 5.41) is 14.5. The van der Waals surface area contributed by atoms with E-state index in [9.17, 15) is 18.0 Å². The number of anilines is 1. The fourth-order valence-electron chi connectivity index (χ4n) is 5.53. The van der Waals surface area contributed by atoms with Crippen LogP contribution >= 0.6 is 0 Å². The average Bonchev–Trinajstić information content (AvgIpc) is 3.72. The Bertz CT molecular complexity index is 1740. The molecule has 0 amide bonds. The first-order valence-electron chi connectivity index (χ1n) is 14.1. The van der Waals surface area contributed by atoms with Crippen molar-refractivity contribution < 1.29 is 37.3 Å². The van der Waals surface area contributed by atoms with Gasteiger partial charge in [-0.05, 0) is 56.9 Å². The van der Waals surface area contributed by atoms with Gasteiger partial charge in [-0.3, -0.25) is 9.36 Å². The molecule has 2 aromatic carbocycles. The monoisotopic (exact) mass is 617 g/mol. The van der Waals surface area contributed by atoms with Crippen LogP contribution in [0.3, 0.4) is 0 Å². The molecule has 11 nitrogen and oxygen atoms in total. The van der Waals surface area contributed by atoms with Gasteiger partial charge in [0, 0.05) is 44.3 Å². The number of alkyl halides is 3. The maximum Gasteiger partial charge on any atom is 0.451 e. The Morgan fingerprint density at radius 1 is 1.02 bits per heavy atom. The molecule has 2 aliphatic heterocycles. The molecule has 236 valence electrons. The van der Waals surface area contributed by atoms with Crippen LogP contribution in [0.5, 0.6) is 0 Å². The largest absolute Gasteiger partial charge is 0.483 e. The van der Waals surface area contributed by atoms with Crippen molar-refractivity contribution in [3.8, 4) is 0 Å². The van der Waals surface area contributed by atoms with Crippen molar-refractivity contribution in [2.75, 3.05) is 31.8 Å². The zero-order valence-corrected chi connectivity index (χ0v) is 24.3. The van der Waals surface area contributed by atoms with Crippen LogP contribution in [0.25, 0.3) is 33.1 Å². The molecule has 2 fully saturated rings. The van der Waals surface area contributed by atoms with Gasteiger partial charge in [-0.25, -0.2) is 14.8 Å². The minimum atomic E-state index is -4.59. The van der Waals surface area contributed by atoms with Crippen LogP contribution in [-0.4, -0.2) is 69.1 Å². The number of hydrogen-bond acceptors (Lipinski definition) is 8. The lowest BCUT2D eigenvalue weighted by Crippen LogP contribution is -2.28. The molecular weight excluding hydrogens is 583 g/mol. The lowest BCUT2D eigenvalue weighted by atomic mass is 10.1. The van der Waals surface area contributed by atoms with E-state index in [1.807, 2.05) is 40.7 Å². The standard InChI is InChI=1S/C16H14F3N3O.C12H14N2O2.CH2O2.CH4O/c1-9-5-4-8-22(9)14-13-12(20-15(21-14)16(17,18)19)10-6-2-3-7-11(10)23-13;15-12-13-10-3-1-2-4-11(10)14(12)9-5-7-16-8-6-9;2-1-3;1-2/h2-3,6-7,9H,4-5,8H2,1H3;1-4,9H,5-8H2,(H,13,15);1H,(H,2,3);2H,1H3/t9-;;;/m1.../s1. The Hall–Kier alpha value is -4.43.